The monoisotopic (exact) mass is 232 g/mol. The lowest BCUT2D eigenvalue weighted by molar-refractivity contribution is 0.153. The molecule has 0 saturated carbocycles. The summed E-state index contributed by atoms with van der Waals surface area (Å²) in [7, 11) is 0. The topological polar surface area (TPSA) is 55.6 Å². The van der Waals surface area contributed by atoms with Crippen LogP contribution in [-0.2, 0) is 0 Å². The Morgan fingerprint density at radius 3 is 2.53 bits per heavy atom. The molecule has 1 amide bonds. The van der Waals surface area contributed by atoms with Gasteiger partial charge in [0.15, 0.2) is 5.76 Å². The van der Waals surface area contributed by atoms with Gasteiger partial charge in [-0.25, -0.2) is 4.79 Å². The van der Waals surface area contributed by atoms with Crippen molar-refractivity contribution < 1.29 is 14.1 Å². The van der Waals surface area contributed by atoms with E-state index in [1.807, 2.05) is 13.8 Å². The second kappa shape index (κ2) is 5.02. The summed E-state index contributed by atoms with van der Waals surface area (Å²) in [6, 6.07) is 0. The lowest BCUT2D eigenvalue weighted by Crippen LogP contribution is -2.33. The predicted octanol–water partition coefficient (Wildman–Crippen LogP) is 2.48. The highest BCUT2D eigenvalue weighted by atomic mass is 35.5. The van der Waals surface area contributed by atoms with Gasteiger partial charge < -0.3 is 14.2 Å². The molecule has 0 unspecified atom stereocenters. The number of carbonyl (C=O) groups is 1. The number of ether oxygens (including phenoxy) is 1. The highest BCUT2D eigenvalue weighted by Crippen LogP contribution is 2.26. The highest BCUT2D eigenvalue weighted by Gasteiger charge is 2.18. The average molecular weight is 233 g/mol. The van der Waals surface area contributed by atoms with Gasteiger partial charge in [0.05, 0.1) is 0 Å². The van der Waals surface area contributed by atoms with E-state index in [1.165, 1.54) is 4.90 Å². The Morgan fingerprint density at radius 1 is 1.53 bits per heavy atom. The van der Waals surface area contributed by atoms with Gasteiger partial charge in [-0.1, -0.05) is 11.6 Å². The van der Waals surface area contributed by atoms with E-state index in [4.69, 9.17) is 20.9 Å². The fraction of sp³-hybridized carbons (Fsp3) is 0.556. The van der Waals surface area contributed by atoms with E-state index in [9.17, 15) is 4.79 Å². The molecular formula is C9H13ClN2O3. The molecule has 1 aromatic rings. The molecule has 0 bridgehead atoms. The van der Waals surface area contributed by atoms with Crippen LogP contribution >= 0.6 is 11.6 Å². The fourth-order valence-electron chi connectivity index (χ4n) is 1.03. The molecule has 6 heteroatoms. The number of halogens is 1. The molecule has 0 spiro atoms. The molecule has 15 heavy (non-hydrogen) atoms. The Bertz CT molecular complexity index is 347. The van der Waals surface area contributed by atoms with Crippen molar-refractivity contribution in [1.29, 1.82) is 0 Å². The van der Waals surface area contributed by atoms with Crippen molar-refractivity contribution in [3.8, 4) is 5.88 Å². The van der Waals surface area contributed by atoms with Gasteiger partial charge in [-0.2, -0.15) is 0 Å². The van der Waals surface area contributed by atoms with E-state index in [0.29, 0.717) is 18.8 Å². The van der Waals surface area contributed by atoms with Gasteiger partial charge in [0.1, 0.15) is 5.02 Å². The normalized spacial score (nSPS) is 10.1. The molecule has 0 aliphatic carbocycles. The first kappa shape index (κ1) is 11.8. The van der Waals surface area contributed by atoms with E-state index in [0.717, 1.165) is 0 Å². The third-order valence-electron chi connectivity index (χ3n) is 1.97. The Hall–Kier alpha value is -1.23. The van der Waals surface area contributed by atoms with E-state index in [2.05, 4.69) is 5.16 Å². The number of rotatable bonds is 3. The number of hydrogen-bond acceptors (Lipinski definition) is 4. The van der Waals surface area contributed by atoms with Crippen molar-refractivity contribution in [2.75, 3.05) is 13.1 Å². The Kier molecular flexibility index (Phi) is 3.96. The van der Waals surface area contributed by atoms with Crippen LogP contribution in [0.15, 0.2) is 4.52 Å². The van der Waals surface area contributed by atoms with Gasteiger partial charge in [0, 0.05) is 13.1 Å². The summed E-state index contributed by atoms with van der Waals surface area (Å²) < 4.78 is 9.73. The van der Waals surface area contributed by atoms with E-state index < -0.39 is 6.09 Å². The van der Waals surface area contributed by atoms with Crippen LogP contribution in [0.25, 0.3) is 0 Å². The molecule has 84 valence electrons. The number of hydrogen-bond donors (Lipinski definition) is 0. The van der Waals surface area contributed by atoms with Crippen LogP contribution in [0.1, 0.15) is 19.6 Å². The SMILES string of the molecule is CCN(CC)C(=O)Oc1noc(C)c1Cl. The van der Waals surface area contributed by atoms with Crippen molar-refractivity contribution in [3.05, 3.63) is 10.8 Å². The summed E-state index contributed by atoms with van der Waals surface area (Å²) in [5, 5.41) is 3.76. The average Bonchev–Trinajstić information content (AvgIpc) is 2.52. The third kappa shape index (κ3) is 2.62. The zero-order valence-electron chi connectivity index (χ0n) is 8.91. The zero-order valence-corrected chi connectivity index (χ0v) is 9.67. The molecule has 0 radical (unpaired) electrons. The maximum atomic E-state index is 11.5. The van der Waals surface area contributed by atoms with Crippen LogP contribution in [0, 0.1) is 6.92 Å². The summed E-state index contributed by atoms with van der Waals surface area (Å²) in [5.41, 5.74) is 0. The highest BCUT2D eigenvalue weighted by molar-refractivity contribution is 6.32. The van der Waals surface area contributed by atoms with Crippen LogP contribution in [0.5, 0.6) is 5.88 Å². The maximum absolute atomic E-state index is 11.5. The molecular weight excluding hydrogens is 220 g/mol. The van der Waals surface area contributed by atoms with Crippen LogP contribution < -0.4 is 4.74 Å². The van der Waals surface area contributed by atoms with Gasteiger partial charge in [0.25, 0.3) is 5.88 Å². The molecule has 0 saturated heterocycles. The van der Waals surface area contributed by atoms with Gasteiger partial charge in [-0.15, -0.1) is 0 Å². The van der Waals surface area contributed by atoms with Crippen molar-refractivity contribution in [2.24, 2.45) is 0 Å². The number of aromatic nitrogens is 1. The molecule has 1 aromatic heterocycles. The number of carbonyl (C=O) groups excluding carboxylic acids is 1. The summed E-state index contributed by atoms with van der Waals surface area (Å²) in [6.45, 7) is 6.51. The first-order valence-electron chi connectivity index (χ1n) is 4.68. The molecule has 5 nitrogen and oxygen atoms in total. The lowest BCUT2D eigenvalue weighted by atomic mass is 10.5. The predicted molar refractivity (Wildman–Crippen MR) is 55.2 cm³/mol. The molecule has 0 fully saturated rings. The number of aryl methyl sites for hydroxylation is 1. The first-order chi connectivity index (χ1) is 7.10. The number of nitrogens with zero attached hydrogens (tertiary/aromatic N) is 2. The van der Waals surface area contributed by atoms with E-state index in [1.54, 1.807) is 6.92 Å². The van der Waals surface area contributed by atoms with Crippen LogP contribution in [0.3, 0.4) is 0 Å². The summed E-state index contributed by atoms with van der Waals surface area (Å²) in [6.07, 6.45) is -0.477. The molecule has 0 aromatic carbocycles. The Labute approximate surface area is 92.9 Å². The zero-order chi connectivity index (χ0) is 11.4. The third-order valence-corrected chi connectivity index (χ3v) is 2.40. The molecule has 1 rings (SSSR count). The largest absolute Gasteiger partial charge is 0.416 e. The van der Waals surface area contributed by atoms with Crippen LogP contribution in [0.2, 0.25) is 5.02 Å². The summed E-state index contributed by atoms with van der Waals surface area (Å²) in [5.74, 6) is 0.449. The Morgan fingerprint density at radius 2 is 2.13 bits per heavy atom. The molecule has 0 aliphatic rings. The quantitative estimate of drug-likeness (QED) is 0.803. The van der Waals surface area contributed by atoms with E-state index >= 15 is 0 Å². The van der Waals surface area contributed by atoms with Gasteiger partial charge >= 0.3 is 6.09 Å². The number of amides is 1. The molecule has 1 heterocycles. The molecule has 0 atom stereocenters. The second-order valence-corrected chi connectivity index (χ2v) is 3.28. The maximum Gasteiger partial charge on any atom is 0.416 e. The summed E-state index contributed by atoms with van der Waals surface area (Å²) in [4.78, 5) is 13.0. The van der Waals surface area contributed by atoms with Crippen molar-refractivity contribution >= 4 is 17.7 Å². The fourth-order valence-corrected chi connectivity index (χ4v) is 1.14. The van der Waals surface area contributed by atoms with Crippen molar-refractivity contribution in [2.45, 2.75) is 20.8 Å². The van der Waals surface area contributed by atoms with Crippen molar-refractivity contribution in [3.63, 3.8) is 0 Å². The van der Waals surface area contributed by atoms with Crippen LogP contribution in [-0.4, -0.2) is 29.2 Å². The second-order valence-electron chi connectivity index (χ2n) is 2.90. The van der Waals surface area contributed by atoms with Crippen molar-refractivity contribution in [1.82, 2.24) is 10.1 Å². The lowest BCUT2D eigenvalue weighted by Gasteiger charge is -2.16. The standard InChI is InChI=1S/C9H13ClN2O3/c1-4-12(5-2)9(13)14-8-7(10)6(3)15-11-8/h4-5H2,1-3H3. The smallest absolute Gasteiger partial charge is 0.386 e. The van der Waals surface area contributed by atoms with Gasteiger partial charge in [-0.05, 0) is 25.9 Å². The molecule has 0 aliphatic heterocycles. The molecule has 0 N–H and O–H groups in total. The Balaban J connectivity index is 2.70. The minimum atomic E-state index is -0.477. The first-order valence-corrected chi connectivity index (χ1v) is 5.06. The van der Waals surface area contributed by atoms with E-state index in [-0.39, 0.29) is 10.9 Å². The van der Waals surface area contributed by atoms with Crippen LogP contribution in [0.4, 0.5) is 4.79 Å². The summed E-state index contributed by atoms with van der Waals surface area (Å²) >= 11 is 5.79. The van der Waals surface area contributed by atoms with Gasteiger partial charge in [0.2, 0.25) is 0 Å². The minimum absolute atomic E-state index is 0.0195. The van der Waals surface area contributed by atoms with Gasteiger partial charge in [-0.3, -0.25) is 0 Å². The minimum Gasteiger partial charge on any atom is -0.386 e.